The second-order valence-electron chi connectivity index (χ2n) is 6.19. The second-order valence-corrected chi connectivity index (χ2v) is 10.9. The number of rotatable bonds is 5. The Labute approximate surface area is 173 Å². The minimum atomic E-state index is -4.42. The first-order chi connectivity index (χ1) is 13.1. The molecule has 0 unspecified atom stereocenters. The number of aryl methyl sites for hydroxylation is 2. The zero-order chi connectivity index (χ0) is 20.5. The lowest BCUT2D eigenvalue weighted by molar-refractivity contribution is 0.584. The van der Waals surface area contributed by atoms with E-state index in [0.717, 1.165) is 11.1 Å². The van der Waals surface area contributed by atoms with E-state index in [0.29, 0.717) is 8.18 Å². The van der Waals surface area contributed by atoms with Gasteiger partial charge < -0.3 is 0 Å². The smallest absolute Gasteiger partial charge is 0.261 e. The summed E-state index contributed by atoms with van der Waals surface area (Å²) in [4.78, 5) is 3.67. The maximum Gasteiger partial charge on any atom is 0.277 e. The number of anilines is 1. The third-order valence-corrected chi connectivity index (χ3v) is 8.62. The molecule has 0 fully saturated rings. The summed E-state index contributed by atoms with van der Waals surface area (Å²) < 4.78 is 54.3. The molecule has 0 aliphatic heterocycles. The molecule has 0 aliphatic rings. The Balaban J connectivity index is 2.26. The first-order valence-corrected chi connectivity index (χ1v) is 11.8. The summed E-state index contributed by atoms with van der Waals surface area (Å²) in [6.45, 7) is 3.63. The van der Waals surface area contributed by atoms with Crippen molar-refractivity contribution in [1.29, 1.82) is 0 Å². The lowest BCUT2D eigenvalue weighted by Gasteiger charge is -2.24. The highest BCUT2D eigenvalue weighted by Crippen LogP contribution is 2.31. The van der Waals surface area contributed by atoms with Crippen LogP contribution in [0.25, 0.3) is 0 Å². The second kappa shape index (κ2) is 7.65. The standard InChI is InChI=1S/C19H17BrN2O4S2/c1-14-3-7-18(8-4-14)27(23,24)22(17-11-16(20)12-21-13-17)28(25,26)19-9-5-15(2)6-10-19/h3-13H,1-2H3. The van der Waals surface area contributed by atoms with Crippen molar-refractivity contribution in [2.24, 2.45) is 0 Å². The zero-order valence-electron chi connectivity index (χ0n) is 15.1. The lowest BCUT2D eigenvalue weighted by Crippen LogP contribution is -2.37. The summed E-state index contributed by atoms with van der Waals surface area (Å²) >= 11 is 3.22. The molecule has 0 amide bonds. The molecule has 0 saturated heterocycles. The molecular formula is C19H17BrN2O4S2. The van der Waals surface area contributed by atoms with Crippen LogP contribution in [0.3, 0.4) is 0 Å². The number of pyridine rings is 1. The van der Waals surface area contributed by atoms with Crippen LogP contribution in [0.4, 0.5) is 5.69 Å². The first kappa shape index (κ1) is 20.5. The third kappa shape index (κ3) is 3.96. The summed E-state index contributed by atoms with van der Waals surface area (Å²) in [5.74, 6) is 0. The molecule has 3 rings (SSSR count). The molecule has 0 radical (unpaired) electrons. The van der Waals surface area contributed by atoms with E-state index < -0.39 is 20.0 Å². The van der Waals surface area contributed by atoms with Crippen LogP contribution in [-0.2, 0) is 20.0 Å². The van der Waals surface area contributed by atoms with Gasteiger partial charge in [-0.3, -0.25) is 4.98 Å². The van der Waals surface area contributed by atoms with E-state index in [1.54, 1.807) is 24.3 Å². The Hall–Kier alpha value is -2.23. The van der Waals surface area contributed by atoms with Gasteiger partial charge in [-0.05, 0) is 60.1 Å². The van der Waals surface area contributed by atoms with Crippen LogP contribution < -0.4 is 3.71 Å². The SMILES string of the molecule is Cc1ccc(S(=O)(=O)N(c2cncc(Br)c2)S(=O)(=O)c2ccc(C)cc2)cc1. The average molecular weight is 481 g/mol. The van der Waals surface area contributed by atoms with Crippen LogP contribution >= 0.6 is 15.9 Å². The molecule has 0 aliphatic carbocycles. The number of nitrogens with zero attached hydrogens (tertiary/aromatic N) is 2. The predicted octanol–water partition coefficient (Wildman–Crippen LogP) is 4.05. The minimum Gasteiger partial charge on any atom is -0.261 e. The number of hydrogen-bond donors (Lipinski definition) is 0. The van der Waals surface area contributed by atoms with Crippen molar-refractivity contribution in [3.8, 4) is 0 Å². The molecule has 0 atom stereocenters. The fraction of sp³-hybridized carbons (Fsp3) is 0.105. The summed E-state index contributed by atoms with van der Waals surface area (Å²) in [6, 6.07) is 13.4. The van der Waals surface area contributed by atoms with Crippen LogP contribution in [0.2, 0.25) is 0 Å². The van der Waals surface area contributed by atoms with Gasteiger partial charge in [0.05, 0.1) is 21.7 Å². The Morgan fingerprint density at radius 2 is 1.18 bits per heavy atom. The van der Waals surface area contributed by atoms with Gasteiger partial charge in [0.1, 0.15) is 0 Å². The number of sulfonamides is 2. The van der Waals surface area contributed by atoms with Gasteiger partial charge >= 0.3 is 0 Å². The molecule has 0 N–H and O–H groups in total. The summed E-state index contributed by atoms with van der Waals surface area (Å²) in [5.41, 5.74) is 1.63. The maximum absolute atomic E-state index is 13.3. The Morgan fingerprint density at radius 3 is 1.57 bits per heavy atom. The van der Waals surface area contributed by atoms with Crippen LogP contribution in [0.1, 0.15) is 11.1 Å². The summed E-state index contributed by atoms with van der Waals surface area (Å²) in [7, 11) is -8.84. The van der Waals surface area contributed by atoms with E-state index in [9.17, 15) is 16.8 Å². The van der Waals surface area contributed by atoms with Gasteiger partial charge in [-0.2, -0.15) is 3.71 Å². The van der Waals surface area contributed by atoms with Gasteiger partial charge in [-0.1, -0.05) is 35.4 Å². The predicted molar refractivity (Wildman–Crippen MR) is 111 cm³/mol. The molecule has 28 heavy (non-hydrogen) atoms. The van der Waals surface area contributed by atoms with Gasteiger partial charge in [0.25, 0.3) is 20.0 Å². The molecule has 0 bridgehead atoms. The van der Waals surface area contributed by atoms with Gasteiger partial charge in [0.2, 0.25) is 0 Å². The molecule has 3 aromatic rings. The minimum absolute atomic E-state index is 0.0875. The summed E-state index contributed by atoms with van der Waals surface area (Å²) in [6.07, 6.45) is 2.64. The number of halogens is 1. The molecular weight excluding hydrogens is 464 g/mol. The molecule has 146 valence electrons. The van der Waals surface area contributed by atoms with Gasteiger partial charge in [-0.15, -0.1) is 0 Å². The van der Waals surface area contributed by atoms with E-state index in [-0.39, 0.29) is 15.5 Å². The lowest BCUT2D eigenvalue weighted by atomic mass is 10.2. The van der Waals surface area contributed by atoms with Crippen LogP contribution in [0, 0.1) is 13.8 Å². The number of benzene rings is 2. The molecule has 9 heteroatoms. The Kier molecular flexibility index (Phi) is 5.60. The fourth-order valence-electron chi connectivity index (χ4n) is 2.52. The topological polar surface area (TPSA) is 84.4 Å². The molecule has 6 nitrogen and oxygen atoms in total. The number of hydrogen-bond acceptors (Lipinski definition) is 5. The Morgan fingerprint density at radius 1 is 0.750 bits per heavy atom. The van der Waals surface area contributed by atoms with E-state index in [2.05, 4.69) is 20.9 Å². The fourth-order valence-corrected chi connectivity index (χ4v) is 6.52. The number of aromatic nitrogens is 1. The van der Waals surface area contributed by atoms with Crippen LogP contribution in [0.5, 0.6) is 0 Å². The van der Waals surface area contributed by atoms with Crippen molar-refractivity contribution < 1.29 is 16.8 Å². The van der Waals surface area contributed by atoms with Crippen molar-refractivity contribution in [1.82, 2.24) is 4.98 Å². The Bertz CT molecular complexity index is 1130. The molecule has 1 aromatic heterocycles. The highest BCUT2D eigenvalue weighted by molar-refractivity contribution is 9.10. The quantitative estimate of drug-likeness (QED) is 0.549. The van der Waals surface area contributed by atoms with Gasteiger partial charge in [0, 0.05) is 10.7 Å². The van der Waals surface area contributed by atoms with E-state index in [1.165, 1.54) is 42.7 Å². The zero-order valence-corrected chi connectivity index (χ0v) is 18.3. The highest BCUT2D eigenvalue weighted by Gasteiger charge is 2.37. The van der Waals surface area contributed by atoms with Crippen molar-refractivity contribution in [2.45, 2.75) is 23.6 Å². The van der Waals surface area contributed by atoms with Gasteiger partial charge in [0.15, 0.2) is 0 Å². The summed E-state index contributed by atoms with van der Waals surface area (Å²) in [5, 5.41) is 0. The molecule has 0 saturated carbocycles. The van der Waals surface area contributed by atoms with Crippen molar-refractivity contribution >= 4 is 41.7 Å². The van der Waals surface area contributed by atoms with Crippen molar-refractivity contribution in [3.63, 3.8) is 0 Å². The first-order valence-electron chi connectivity index (χ1n) is 8.17. The molecule has 2 aromatic carbocycles. The monoisotopic (exact) mass is 480 g/mol. The van der Waals surface area contributed by atoms with Crippen molar-refractivity contribution in [2.75, 3.05) is 3.71 Å². The normalized spacial score (nSPS) is 12.0. The third-order valence-electron chi connectivity index (χ3n) is 3.98. The molecule has 1 heterocycles. The average Bonchev–Trinajstić information content (AvgIpc) is 2.62. The van der Waals surface area contributed by atoms with E-state index >= 15 is 0 Å². The largest absolute Gasteiger partial charge is 0.277 e. The molecule has 0 spiro atoms. The maximum atomic E-state index is 13.3. The van der Waals surface area contributed by atoms with E-state index in [4.69, 9.17) is 0 Å². The van der Waals surface area contributed by atoms with Gasteiger partial charge in [-0.25, -0.2) is 16.8 Å². The van der Waals surface area contributed by atoms with Crippen molar-refractivity contribution in [3.05, 3.63) is 82.6 Å². The van der Waals surface area contributed by atoms with Crippen LogP contribution in [0.15, 0.2) is 81.3 Å². The van der Waals surface area contributed by atoms with E-state index in [1.807, 2.05) is 13.8 Å². The van der Waals surface area contributed by atoms with Crippen LogP contribution in [-0.4, -0.2) is 21.8 Å². The highest BCUT2D eigenvalue weighted by atomic mass is 79.9.